The highest BCUT2D eigenvalue weighted by Gasteiger charge is 2.17. The second-order valence-corrected chi connectivity index (χ2v) is 6.77. The van der Waals surface area contributed by atoms with E-state index in [0.29, 0.717) is 5.41 Å². The summed E-state index contributed by atoms with van der Waals surface area (Å²) in [6.07, 6.45) is 2.33. The highest BCUT2D eigenvalue weighted by Crippen LogP contribution is 2.23. The zero-order valence-corrected chi connectivity index (χ0v) is 13.8. The average Bonchev–Trinajstić information content (AvgIpc) is 2.38. The Morgan fingerprint density at radius 3 is 2.35 bits per heavy atom. The Kier molecular flexibility index (Phi) is 7.08. The molecule has 0 radical (unpaired) electrons. The molecule has 0 saturated heterocycles. The number of rotatable bonds is 9. The van der Waals surface area contributed by atoms with E-state index < -0.39 is 0 Å². The number of ether oxygens (including phenoxy) is 1. The first-order valence-corrected chi connectivity index (χ1v) is 7.85. The van der Waals surface area contributed by atoms with Gasteiger partial charge in [0.25, 0.3) is 0 Å². The van der Waals surface area contributed by atoms with Gasteiger partial charge in [0.15, 0.2) is 0 Å². The molecule has 2 heteroatoms. The molecular formula is C18H31NO. The van der Waals surface area contributed by atoms with Crippen LogP contribution in [-0.2, 0) is 6.42 Å². The van der Waals surface area contributed by atoms with Gasteiger partial charge in [-0.3, -0.25) is 0 Å². The first-order valence-electron chi connectivity index (χ1n) is 7.85. The van der Waals surface area contributed by atoms with Gasteiger partial charge in [0.1, 0.15) is 5.75 Å². The fourth-order valence-electron chi connectivity index (χ4n) is 2.19. The van der Waals surface area contributed by atoms with E-state index in [9.17, 15) is 0 Å². The Morgan fingerprint density at radius 1 is 1.15 bits per heavy atom. The molecule has 0 unspecified atom stereocenters. The third-order valence-electron chi connectivity index (χ3n) is 3.48. The second kappa shape index (κ2) is 8.31. The summed E-state index contributed by atoms with van der Waals surface area (Å²) in [5.41, 5.74) is 1.73. The van der Waals surface area contributed by atoms with Crippen LogP contribution >= 0.6 is 0 Å². The van der Waals surface area contributed by atoms with Gasteiger partial charge < -0.3 is 10.1 Å². The van der Waals surface area contributed by atoms with Gasteiger partial charge in [-0.2, -0.15) is 0 Å². The molecule has 0 aliphatic carbocycles. The molecule has 114 valence electrons. The topological polar surface area (TPSA) is 21.3 Å². The first kappa shape index (κ1) is 17.0. The van der Waals surface area contributed by atoms with Crippen molar-refractivity contribution in [2.45, 2.75) is 47.5 Å². The van der Waals surface area contributed by atoms with Crippen molar-refractivity contribution in [3.8, 4) is 5.75 Å². The summed E-state index contributed by atoms with van der Waals surface area (Å²) in [5, 5.41) is 3.57. The van der Waals surface area contributed by atoms with Crippen molar-refractivity contribution in [1.82, 2.24) is 5.32 Å². The van der Waals surface area contributed by atoms with Crippen LogP contribution in [0.2, 0.25) is 0 Å². The fourth-order valence-corrected chi connectivity index (χ4v) is 2.19. The lowest BCUT2D eigenvalue weighted by atomic mass is 9.86. The van der Waals surface area contributed by atoms with E-state index in [1.165, 1.54) is 12.0 Å². The predicted octanol–water partition coefficient (Wildman–Crippen LogP) is 4.29. The summed E-state index contributed by atoms with van der Waals surface area (Å²) in [7, 11) is 0. The lowest BCUT2D eigenvalue weighted by Gasteiger charge is -2.25. The average molecular weight is 277 g/mol. The summed E-state index contributed by atoms with van der Waals surface area (Å²) >= 11 is 0. The molecule has 1 N–H and O–H groups in total. The quantitative estimate of drug-likeness (QED) is 0.727. The van der Waals surface area contributed by atoms with Crippen LogP contribution in [0, 0.1) is 11.3 Å². The van der Waals surface area contributed by atoms with Crippen molar-refractivity contribution in [3.63, 3.8) is 0 Å². The second-order valence-electron chi connectivity index (χ2n) is 6.77. The van der Waals surface area contributed by atoms with Crippen LogP contribution in [0.5, 0.6) is 5.75 Å². The third kappa shape index (κ3) is 6.95. The predicted molar refractivity (Wildman–Crippen MR) is 87.4 cm³/mol. The molecule has 0 fully saturated rings. The van der Waals surface area contributed by atoms with Gasteiger partial charge in [-0.05, 0) is 55.3 Å². The minimum absolute atomic E-state index is 0.341. The molecule has 2 nitrogen and oxygen atoms in total. The molecule has 0 aliphatic heterocycles. The lowest BCUT2D eigenvalue weighted by molar-refractivity contribution is 0.308. The summed E-state index contributed by atoms with van der Waals surface area (Å²) < 4.78 is 5.47. The van der Waals surface area contributed by atoms with E-state index in [1.54, 1.807) is 0 Å². The molecule has 0 aliphatic rings. The minimum atomic E-state index is 0.341. The Balaban J connectivity index is 2.36. The summed E-state index contributed by atoms with van der Waals surface area (Å²) in [6.45, 7) is 14.1. The standard InChI is InChI=1S/C18H31NO/c1-6-20-17-9-7-16(8-10-17)11-12-18(4,5)14-19-13-15(2)3/h7-10,15,19H,6,11-14H2,1-5H3. The maximum Gasteiger partial charge on any atom is 0.119 e. The van der Waals surface area contributed by atoms with Gasteiger partial charge in [0, 0.05) is 6.54 Å². The summed E-state index contributed by atoms with van der Waals surface area (Å²) in [4.78, 5) is 0. The summed E-state index contributed by atoms with van der Waals surface area (Å²) in [5.74, 6) is 1.69. The molecule has 0 heterocycles. The van der Waals surface area contributed by atoms with E-state index in [2.05, 4.69) is 57.3 Å². The van der Waals surface area contributed by atoms with Crippen molar-refractivity contribution >= 4 is 0 Å². The maximum atomic E-state index is 5.47. The van der Waals surface area contributed by atoms with Crippen LogP contribution in [0.1, 0.15) is 46.6 Å². The van der Waals surface area contributed by atoms with Crippen LogP contribution < -0.4 is 10.1 Å². The monoisotopic (exact) mass is 277 g/mol. The SMILES string of the molecule is CCOc1ccc(CCC(C)(C)CNCC(C)C)cc1. The minimum Gasteiger partial charge on any atom is -0.494 e. The highest BCUT2D eigenvalue weighted by atomic mass is 16.5. The third-order valence-corrected chi connectivity index (χ3v) is 3.48. The number of aryl methyl sites for hydroxylation is 1. The number of hydrogen-bond acceptors (Lipinski definition) is 2. The van der Waals surface area contributed by atoms with E-state index in [4.69, 9.17) is 4.74 Å². The molecule has 0 atom stereocenters. The van der Waals surface area contributed by atoms with Crippen molar-refractivity contribution in [2.75, 3.05) is 19.7 Å². The van der Waals surface area contributed by atoms with Crippen molar-refractivity contribution in [2.24, 2.45) is 11.3 Å². The largest absolute Gasteiger partial charge is 0.494 e. The van der Waals surface area contributed by atoms with Gasteiger partial charge in [-0.1, -0.05) is 39.8 Å². The molecule has 0 bridgehead atoms. The summed E-state index contributed by atoms with van der Waals surface area (Å²) in [6, 6.07) is 8.51. The van der Waals surface area contributed by atoms with E-state index in [-0.39, 0.29) is 0 Å². The number of hydrogen-bond donors (Lipinski definition) is 1. The molecule has 0 amide bonds. The van der Waals surface area contributed by atoms with Crippen molar-refractivity contribution in [1.29, 1.82) is 0 Å². The van der Waals surface area contributed by atoms with Crippen molar-refractivity contribution < 1.29 is 4.74 Å². The van der Waals surface area contributed by atoms with Gasteiger partial charge in [-0.15, -0.1) is 0 Å². The fraction of sp³-hybridized carbons (Fsp3) is 0.667. The van der Waals surface area contributed by atoms with Crippen LogP contribution in [0.4, 0.5) is 0 Å². The molecule has 0 spiro atoms. The van der Waals surface area contributed by atoms with Crippen LogP contribution in [0.15, 0.2) is 24.3 Å². The van der Waals surface area contributed by atoms with Gasteiger partial charge >= 0.3 is 0 Å². The van der Waals surface area contributed by atoms with Gasteiger partial charge in [0.2, 0.25) is 0 Å². The van der Waals surface area contributed by atoms with Crippen LogP contribution in [-0.4, -0.2) is 19.7 Å². The van der Waals surface area contributed by atoms with Crippen LogP contribution in [0.25, 0.3) is 0 Å². The lowest BCUT2D eigenvalue weighted by Crippen LogP contribution is -2.32. The molecule has 1 aromatic carbocycles. The number of nitrogens with one attached hydrogen (secondary N) is 1. The molecule has 0 saturated carbocycles. The molecule has 20 heavy (non-hydrogen) atoms. The Bertz CT molecular complexity index is 368. The van der Waals surface area contributed by atoms with Crippen LogP contribution in [0.3, 0.4) is 0 Å². The Hall–Kier alpha value is -1.02. The smallest absolute Gasteiger partial charge is 0.119 e. The zero-order valence-electron chi connectivity index (χ0n) is 13.8. The Labute approximate surface area is 124 Å². The van der Waals surface area contributed by atoms with E-state index >= 15 is 0 Å². The first-order chi connectivity index (χ1) is 9.43. The van der Waals surface area contributed by atoms with Crippen molar-refractivity contribution in [3.05, 3.63) is 29.8 Å². The zero-order chi connectivity index (χ0) is 15.0. The highest BCUT2D eigenvalue weighted by molar-refractivity contribution is 5.27. The maximum absolute atomic E-state index is 5.47. The van der Waals surface area contributed by atoms with Gasteiger partial charge in [0.05, 0.1) is 6.61 Å². The molecule has 1 rings (SSSR count). The Morgan fingerprint density at radius 2 is 1.80 bits per heavy atom. The molecular weight excluding hydrogens is 246 g/mol. The normalized spacial score (nSPS) is 11.9. The number of benzene rings is 1. The van der Waals surface area contributed by atoms with E-state index in [1.807, 2.05) is 6.92 Å². The van der Waals surface area contributed by atoms with E-state index in [0.717, 1.165) is 37.8 Å². The van der Waals surface area contributed by atoms with Gasteiger partial charge in [-0.25, -0.2) is 0 Å². The molecule has 0 aromatic heterocycles. The molecule has 1 aromatic rings.